The Kier molecular flexibility index (Phi) is 6.76. The molecule has 0 spiro atoms. The number of hydrogen-bond donors (Lipinski definition) is 1. The van der Waals surface area contributed by atoms with E-state index < -0.39 is 10.0 Å². The molecule has 11 nitrogen and oxygen atoms in total. The molecular weight excluding hydrogens is 526 g/mol. The van der Waals surface area contributed by atoms with Crippen LogP contribution in [0.3, 0.4) is 0 Å². The average molecular weight is 556 g/mol. The zero-order valence-corrected chi connectivity index (χ0v) is 22.7. The summed E-state index contributed by atoms with van der Waals surface area (Å²) < 4.78 is 31.5. The second-order valence-corrected chi connectivity index (χ2v) is 12.7. The lowest BCUT2D eigenvalue weighted by atomic mass is 10.1. The summed E-state index contributed by atoms with van der Waals surface area (Å²) in [6.45, 7) is 4.35. The number of amides is 1. The largest absolute Gasteiger partial charge is 0.378 e. The molecule has 3 aromatic heterocycles. The zero-order chi connectivity index (χ0) is 26.3. The molecule has 0 saturated carbocycles. The Morgan fingerprint density at radius 3 is 2.66 bits per heavy atom. The number of anilines is 1. The Morgan fingerprint density at radius 2 is 1.89 bits per heavy atom. The van der Waals surface area contributed by atoms with Gasteiger partial charge in [-0.3, -0.25) is 9.89 Å². The first-order chi connectivity index (χ1) is 18.4. The van der Waals surface area contributed by atoms with E-state index >= 15 is 0 Å². The lowest BCUT2D eigenvalue weighted by molar-refractivity contribution is -0.132. The molecule has 0 unspecified atom stereocenters. The van der Waals surface area contributed by atoms with Gasteiger partial charge in [-0.15, -0.1) is 11.3 Å². The Bertz CT molecular complexity index is 1590. The van der Waals surface area contributed by atoms with Crippen molar-refractivity contribution in [1.29, 1.82) is 0 Å². The van der Waals surface area contributed by atoms with E-state index in [1.807, 2.05) is 18.2 Å². The fourth-order valence-corrected chi connectivity index (χ4v) is 6.96. The maximum atomic E-state index is 12.9. The number of piperazine rings is 1. The van der Waals surface area contributed by atoms with E-state index in [0.717, 1.165) is 50.5 Å². The van der Waals surface area contributed by atoms with Crippen molar-refractivity contribution in [3.63, 3.8) is 0 Å². The van der Waals surface area contributed by atoms with Crippen molar-refractivity contribution in [1.82, 2.24) is 29.4 Å². The van der Waals surface area contributed by atoms with Crippen molar-refractivity contribution in [3.05, 3.63) is 35.3 Å². The first-order valence-corrected chi connectivity index (χ1v) is 15.3. The second-order valence-electron chi connectivity index (χ2n) is 9.58. The normalized spacial score (nSPS) is 17.5. The first-order valence-electron chi connectivity index (χ1n) is 12.7. The van der Waals surface area contributed by atoms with Crippen LogP contribution in [0.5, 0.6) is 0 Å². The van der Waals surface area contributed by atoms with Gasteiger partial charge in [-0.25, -0.2) is 18.4 Å². The van der Waals surface area contributed by atoms with Crippen LogP contribution < -0.4 is 4.90 Å². The fraction of sp³-hybridized carbons (Fsp3) is 0.440. The maximum absolute atomic E-state index is 12.9. The van der Waals surface area contributed by atoms with Crippen LogP contribution in [-0.2, 0) is 26.0 Å². The quantitative estimate of drug-likeness (QED) is 0.384. The molecule has 4 aromatic rings. The summed E-state index contributed by atoms with van der Waals surface area (Å²) in [7, 11) is -3.22. The highest BCUT2D eigenvalue weighted by molar-refractivity contribution is 7.88. The van der Waals surface area contributed by atoms with Crippen molar-refractivity contribution in [2.45, 2.75) is 12.8 Å². The minimum absolute atomic E-state index is 0.0439. The molecule has 0 bridgehead atoms. The number of fused-ring (bicyclic) bond motifs is 2. The number of nitrogens with zero attached hydrogens (tertiary/aromatic N) is 6. The number of nitrogens with one attached hydrogen (secondary N) is 1. The number of H-pyrrole nitrogens is 1. The molecular formula is C25H29N7O4S2. The standard InChI is InChI=1S/C25H29N7O4S2/c1-38(34,35)32-9-7-30(8-10-32)22(33)6-5-17-15-21-23(37-17)25(31-11-13-36-14-12-31)28-24(27-21)18-3-2-4-20-19(18)16-26-29-20/h2-4,15-16H,5-14H2,1H3,(H,26,29). The number of benzene rings is 1. The van der Waals surface area contributed by atoms with E-state index in [0.29, 0.717) is 58.1 Å². The highest BCUT2D eigenvalue weighted by atomic mass is 32.2. The van der Waals surface area contributed by atoms with Gasteiger partial charge in [-0.1, -0.05) is 12.1 Å². The Morgan fingerprint density at radius 1 is 1.11 bits per heavy atom. The Hall–Kier alpha value is -3.13. The van der Waals surface area contributed by atoms with Crippen molar-refractivity contribution < 1.29 is 17.9 Å². The third-order valence-corrected chi connectivity index (χ3v) is 9.57. The van der Waals surface area contributed by atoms with E-state index in [1.165, 1.54) is 10.6 Å². The summed E-state index contributed by atoms with van der Waals surface area (Å²) in [4.78, 5) is 28.0. The van der Waals surface area contributed by atoms with E-state index in [2.05, 4.69) is 21.2 Å². The van der Waals surface area contributed by atoms with Gasteiger partial charge < -0.3 is 14.5 Å². The topological polar surface area (TPSA) is 125 Å². The molecule has 1 amide bonds. The van der Waals surface area contributed by atoms with Gasteiger partial charge >= 0.3 is 0 Å². The number of morpholine rings is 1. The third-order valence-electron chi connectivity index (χ3n) is 7.09. The molecule has 5 heterocycles. The van der Waals surface area contributed by atoms with Gasteiger partial charge in [0.1, 0.15) is 0 Å². The molecule has 6 rings (SSSR count). The molecule has 1 N–H and O–H groups in total. The van der Waals surface area contributed by atoms with Gasteiger partial charge in [0.25, 0.3) is 0 Å². The minimum atomic E-state index is -3.22. The number of aryl methyl sites for hydroxylation is 1. The predicted octanol–water partition coefficient (Wildman–Crippen LogP) is 2.11. The SMILES string of the molecule is CS(=O)(=O)N1CCN(C(=O)CCc2cc3nc(-c4cccc5[nH]ncc45)nc(N4CCOCC4)c3s2)CC1. The van der Waals surface area contributed by atoms with Crippen LogP contribution in [-0.4, -0.2) is 102 Å². The van der Waals surface area contributed by atoms with Crippen LogP contribution >= 0.6 is 11.3 Å². The van der Waals surface area contributed by atoms with Crippen molar-refractivity contribution in [2.75, 3.05) is 63.6 Å². The zero-order valence-electron chi connectivity index (χ0n) is 21.1. The molecule has 2 saturated heterocycles. The average Bonchev–Trinajstić information content (AvgIpc) is 3.58. The summed E-state index contributed by atoms with van der Waals surface area (Å²) >= 11 is 1.63. The van der Waals surface area contributed by atoms with Crippen molar-refractivity contribution in [2.24, 2.45) is 0 Å². The van der Waals surface area contributed by atoms with Crippen LogP contribution in [0.25, 0.3) is 32.5 Å². The van der Waals surface area contributed by atoms with Crippen LogP contribution in [0.2, 0.25) is 0 Å². The van der Waals surface area contributed by atoms with Gasteiger partial charge in [0.05, 0.1) is 41.4 Å². The molecule has 1 aromatic carbocycles. The van der Waals surface area contributed by atoms with Crippen LogP contribution in [0.1, 0.15) is 11.3 Å². The van der Waals surface area contributed by atoms with Gasteiger partial charge in [-0.2, -0.15) is 9.40 Å². The molecule has 0 aliphatic carbocycles. The number of ether oxygens (including phenoxy) is 1. The number of aromatic nitrogens is 4. The summed E-state index contributed by atoms with van der Waals surface area (Å²) in [5, 5.41) is 8.17. The molecule has 2 fully saturated rings. The predicted molar refractivity (Wildman–Crippen MR) is 147 cm³/mol. The van der Waals surface area contributed by atoms with E-state index in [1.54, 1.807) is 22.4 Å². The molecule has 2 aliphatic rings. The number of carbonyl (C=O) groups is 1. The molecule has 2 aliphatic heterocycles. The molecule has 0 atom stereocenters. The highest BCUT2D eigenvalue weighted by Crippen LogP contribution is 2.36. The summed E-state index contributed by atoms with van der Waals surface area (Å²) in [6.07, 6.45) is 3.97. The monoisotopic (exact) mass is 555 g/mol. The van der Waals surface area contributed by atoms with Crippen LogP contribution in [0.4, 0.5) is 5.82 Å². The minimum Gasteiger partial charge on any atom is -0.378 e. The maximum Gasteiger partial charge on any atom is 0.223 e. The number of sulfonamides is 1. The highest BCUT2D eigenvalue weighted by Gasteiger charge is 2.26. The van der Waals surface area contributed by atoms with Gasteiger partial charge in [0, 0.05) is 61.5 Å². The molecule has 13 heteroatoms. The van der Waals surface area contributed by atoms with Gasteiger partial charge in [-0.05, 0) is 18.6 Å². The van der Waals surface area contributed by atoms with Gasteiger partial charge in [0.15, 0.2) is 11.6 Å². The molecule has 200 valence electrons. The fourth-order valence-electron chi connectivity index (χ4n) is 5.02. The van der Waals surface area contributed by atoms with E-state index in [4.69, 9.17) is 14.7 Å². The summed E-state index contributed by atoms with van der Waals surface area (Å²) in [6, 6.07) is 8.03. The summed E-state index contributed by atoms with van der Waals surface area (Å²) in [5.74, 6) is 1.59. The van der Waals surface area contributed by atoms with Gasteiger partial charge in [0.2, 0.25) is 15.9 Å². The van der Waals surface area contributed by atoms with Crippen molar-refractivity contribution >= 4 is 54.2 Å². The number of rotatable bonds is 6. The third kappa shape index (κ3) is 4.98. The first kappa shape index (κ1) is 25.2. The molecule has 0 radical (unpaired) electrons. The van der Waals surface area contributed by atoms with Crippen LogP contribution in [0, 0.1) is 0 Å². The van der Waals surface area contributed by atoms with E-state index in [-0.39, 0.29) is 5.91 Å². The number of carbonyl (C=O) groups excluding carboxylic acids is 1. The second kappa shape index (κ2) is 10.2. The number of aromatic amines is 1. The molecule has 38 heavy (non-hydrogen) atoms. The number of hydrogen-bond acceptors (Lipinski definition) is 9. The van der Waals surface area contributed by atoms with Crippen molar-refractivity contribution in [3.8, 4) is 11.4 Å². The lowest BCUT2D eigenvalue weighted by Crippen LogP contribution is -2.50. The Labute approximate surface area is 224 Å². The van der Waals surface area contributed by atoms with Crippen LogP contribution in [0.15, 0.2) is 30.5 Å². The smallest absolute Gasteiger partial charge is 0.223 e. The summed E-state index contributed by atoms with van der Waals surface area (Å²) in [5.41, 5.74) is 2.72. The lowest BCUT2D eigenvalue weighted by Gasteiger charge is -2.33. The number of thiophene rings is 1. The Balaban J connectivity index is 1.26. The van der Waals surface area contributed by atoms with E-state index in [9.17, 15) is 13.2 Å².